The van der Waals surface area contributed by atoms with Crippen molar-refractivity contribution in [2.75, 3.05) is 17.3 Å². The highest BCUT2D eigenvalue weighted by Gasteiger charge is 2.05. The van der Waals surface area contributed by atoms with Gasteiger partial charge in [-0.1, -0.05) is 39.0 Å². The lowest BCUT2D eigenvalue weighted by Gasteiger charge is -2.13. The number of rotatable bonds is 10. The predicted octanol–water partition coefficient (Wildman–Crippen LogP) is 3.67. The van der Waals surface area contributed by atoms with E-state index in [1.54, 1.807) is 12.1 Å². The Labute approximate surface area is 127 Å². The molecule has 1 amide bonds. The number of benzene rings is 1. The van der Waals surface area contributed by atoms with Crippen molar-refractivity contribution >= 4 is 17.3 Å². The third kappa shape index (κ3) is 6.99. The van der Waals surface area contributed by atoms with Crippen molar-refractivity contribution in [2.24, 2.45) is 5.84 Å². The Morgan fingerprint density at radius 2 is 1.90 bits per heavy atom. The minimum absolute atomic E-state index is 0.112. The Morgan fingerprint density at radius 1 is 1.19 bits per heavy atom. The fourth-order valence-corrected chi connectivity index (χ4v) is 2.11. The van der Waals surface area contributed by atoms with Crippen molar-refractivity contribution in [1.82, 2.24) is 0 Å². The van der Waals surface area contributed by atoms with Gasteiger partial charge >= 0.3 is 0 Å². The van der Waals surface area contributed by atoms with Gasteiger partial charge in [0.15, 0.2) is 0 Å². The van der Waals surface area contributed by atoms with Gasteiger partial charge in [0.2, 0.25) is 5.91 Å². The van der Waals surface area contributed by atoms with Crippen LogP contribution in [0.4, 0.5) is 11.4 Å². The molecule has 21 heavy (non-hydrogen) atoms. The largest absolute Gasteiger partial charge is 0.491 e. The maximum absolute atomic E-state index is 11.0. The van der Waals surface area contributed by atoms with E-state index in [4.69, 9.17) is 10.6 Å². The molecule has 0 bridgehead atoms. The van der Waals surface area contributed by atoms with E-state index in [2.05, 4.69) is 17.7 Å². The summed E-state index contributed by atoms with van der Waals surface area (Å²) in [5.41, 5.74) is 3.97. The van der Waals surface area contributed by atoms with E-state index in [9.17, 15) is 4.79 Å². The summed E-state index contributed by atoms with van der Waals surface area (Å²) < 4.78 is 5.74. The van der Waals surface area contributed by atoms with Crippen molar-refractivity contribution in [2.45, 2.75) is 52.4 Å². The second-order valence-electron chi connectivity index (χ2n) is 5.15. The van der Waals surface area contributed by atoms with E-state index >= 15 is 0 Å². The van der Waals surface area contributed by atoms with Crippen LogP contribution in [0.2, 0.25) is 0 Å². The molecule has 1 aromatic rings. The number of hydrazine groups is 1. The Hall–Kier alpha value is -1.75. The average molecular weight is 293 g/mol. The highest BCUT2D eigenvalue weighted by Crippen LogP contribution is 2.27. The fraction of sp³-hybridized carbons (Fsp3) is 0.562. The van der Waals surface area contributed by atoms with Crippen LogP contribution in [0.15, 0.2) is 18.2 Å². The maximum Gasteiger partial charge on any atom is 0.221 e. The van der Waals surface area contributed by atoms with E-state index < -0.39 is 0 Å². The summed E-state index contributed by atoms with van der Waals surface area (Å²) in [5, 5.41) is 2.71. The first-order valence-electron chi connectivity index (χ1n) is 7.68. The van der Waals surface area contributed by atoms with Crippen molar-refractivity contribution in [1.29, 1.82) is 0 Å². The predicted molar refractivity (Wildman–Crippen MR) is 87.4 cm³/mol. The molecule has 0 spiro atoms. The Balaban J connectivity index is 2.38. The number of hydrogen-bond donors (Lipinski definition) is 3. The van der Waals surface area contributed by atoms with Crippen LogP contribution in [-0.2, 0) is 4.79 Å². The van der Waals surface area contributed by atoms with Crippen LogP contribution in [0.3, 0.4) is 0 Å². The average Bonchev–Trinajstić information content (AvgIpc) is 2.46. The smallest absolute Gasteiger partial charge is 0.221 e. The summed E-state index contributed by atoms with van der Waals surface area (Å²) in [6.45, 7) is 4.37. The summed E-state index contributed by atoms with van der Waals surface area (Å²) >= 11 is 0. The molecule has 0 saturated heterocycles. The molecular formula is C16H27N3O2. The zero-order chi connectivity index (χ0) is 15.5. The van der Waals surface area contributed by atoms with Gasteiger partial charge in [-0.05, 0) is 24.6 Å². The number of carbonyl (C=O) groups excluding carboxylic acids is 1. The molecule has 4 N–H and O–H groups in total. The van der Waals surface area contributed by atoms with Crippen LogP contribution in [0, 0.1) is 0 Å². The van der Waals surface area contributed by atoms with E-state index in [1.165, 1.54) is 39.0 Å². The molecule has 0 atom stereocenters. The summed E-state index contributed by atoms with van der Waals surface area (Å²) in [4.78, 5) is 11.0. The quantitative estimate of drug-likeness (QED) is 0.349. The van der Waals surface area contributed by atoms with Gasteiger partial charge in [0.1, 0.15) is 5.75 Å². The third-order valence-corrected chi connectivity index (χ3v) is 3.21. The first kappa shape index (κ1) is 17.3. The molecule has 0 aliphatic rings. The van der Waals surface area contributed by atoms with Crippen LogP contribution >= 0.6 is 0 Å². The molecule has 0 saturated carbocycles. The molecule has 0 unspecified atom stereocenters. The zero-order valence-electron chi connectivity index (χ0n) is 13.1. The molecule has 0 aromatic heterocycles. The highest BCUT2D eigenvalue weighted by atomic mass is 16.5. The molecular weight excluding hydrogens is 266 g/mol. The second-order valence-corrected chi connectivity index (χ2v) is 5.15. The molecule has 0 fully saturated rings. The highest BCUT2D eigenvalue weighted by molar-refractivity contribution is 5.89. The van der Waals surface area contributed by atoms with Crippen molar-refractivity contribution in [3.8, 4) is 5.75 Å². The fourth-order valence-electron chi connectivity index (χ4n) is 2.11. The zero-order valence-corrected chi connectivity index (χ0v) is 13.1. The SMILES string of the molecule is CCCCCCCCOc1ccc(NC(C)=O)cc1NN. The lowest BCUT2D eigenvalue weighted by molar-refractivity contribution is -0.114. The number of unbranched alkanes of at least 4 members (excludes halogenated alkanes) is 5. The Kier molecular flexibility index (Phi) is 8.28. The summed E-state index contributed by atoms with van der Waals surface area (Å²) in [7, 11) is 0. The lowest BCUT2D eigenvalue weighted by Crippen LogP contribution is -2.11. The van der Waals surface area contributed by atoms with Gasteiger partial charge in [0, 0.05) is 12.6 Å². The maximum atomic E-state index is 11.0. The monoisotopic (exact) mass is 293 g/mol. The van der Waals surface area contributed by atoms with Gasteiger partial charge in [-0.3, -0.25) is 10.6 Å². The molecule has 0 aliphatic carbocycles. The molecule has 5 nitrogen and oxygen atoms in total. The first-order chi connectivity index (χ1) is 10.2. The van der Waals surface area contributed by atoms with Crippen LogP contribution in [-0.4, -0.2) is 12.5 Å². The molecule has 1 aromatic carbocycles. The Morgan fingerprint density at radius 3 is 2.57 bits per heavy atom. The van der Waals surface area contributed by atoms with E-state index in [-0.39, 0.29) is 5.91 Å². The molecule has 0 radical (unpaired) electrons. The number of carbonyl (C=O) groups is 1. The molecule has 1 rings (SSSR count). The van der Waals surface area contributed by atoms with Crippen LogP contribution in [0.5, 0.6) is 5.75 Å². The van der Waals surface area contributed by atoms with Crippen molar-refractivity contribution in [3.05, 3.63) is 18.2 Å². The normalized spacial score (nSPS) is 10.2. The number of anilines is 2. The standard InChI is InChI=1S/C16H27N3O2/c1-3-4-5-6-7-8-11-21-16-10-9-14(18-13(2)20)12-15(16)19-17/h9-10,12,19H,3-8,11,17H2,1-2H3,(H,18,20). The summed E-state index contributed by atoms with van der Waals surface area (Å²) in [6, 6.07) is 5.38. The van der Waals surface area contributed by atoms with Gasteiger partial charge in [-0.15, -0.1) is 0 Å². The van der Waals surface area contributed by atoms with Gasteiger partial charge in [-0.25, -0.2) is 0 Å². The topological polar surface area (TPSA) is 76.4 Å². The summed E-state index contributed by atoms with van der Waals surface area (Å²) in [6.07, 6.45) is 7.38. The van der Waals surface area contributed by atoms with Gasteiger partial charge in [0.25, 0.3) is 0 Å². The number of nitrogens with two attached hydrogens (primary N) is 1. The molecule has 118 valence electrons. The van der Waals surface area contributed by atoms with Gasteiger partial charge in [0.05, 0.1) is 12.3 Å². The minimum atomic E-state index is -0.112. The summed E-state index contributed by atoms with van der Waals surface area (Å²) in [5.74, 6) is 6.09. The van der Waals surface area contributed by atoms with E-state index in [0.717, 1.165) is 6.42 Å². The number of hydrogen-bond acceptors (Lipinski definition) is 4. The van der Waals surface area contributed by atoms with E-state index in [0.29, 0.717) is 23.7 Å². The number of ether oxygens (including phenoxy) is 1. The minimum Gasteiger partial charge on any atom is -0.491 e. The lowest BCUT2D eigenvalue weighted by atomic mass is 10.1. The van der Waals surface area contributed by atoms with Gasteiger partial charge < -0.3 is 15.5 Å². The molecule has 5 heteroatoms. The molecule has 0 heterocycles. The van der Waals surface area contributed by atoms with Crippen LogP contribution in [0.25, 0.3) is 0 Å². The number of nitrogens with one attached hydrogen (secondary N) is 2. The van der Waals surface area contributed by atoms with Crippen LogP contribution in [0.1, 0.15) is 52.4 Å². The Bertz CT molecular complexity index is 436. The van der Waals surface area contributed by atoms with Gasteiger partial charge in [-0.2, -0.15) is 0 Å². The van der Waals surface area contributed by atoms with Crippen LogP contribution < -0.4 is 21.3 Å². The molecule has 0 aliphatic heterocycles. The van der Waals surface area contributed by atoms with Crippen molar-refractivity contribution < 1.29 is 9.53 Å². The van der Waals surface area contributed by atoms with E-state index in [1.807, 2.05) is 6.07 Å². The second kappa shape index (κ2) is 10.0. The third-order valence-electron chi connectivity index (χ3n) is 3.21. The number of amides is 1. The van der Waals surface area contributed by atoms with Crippen molar-refractivity contribution in [3.63, 3.8) is 0 Å². The first-order valence-corrected chi connectivity index (χ1v) is 7.68. The number of nitrogen functional groups attached to an aromatic ring is 1.